The lowest BCUT2D eigenvalue weighted by atomic mass is 10.1. The van der Waals surface area contributed by atoms with Crippen LogP contribution in [-0.4, -0.2) is 50.6 Å². The summed E-state index contributed by atoms with van der Waals surface area (Å²) in [6, 6.07) is 6.40. The largest absolute Gasteiger partial charge is 0.465 e. The fourth-order valence-electron chi connectivity index (χ4n) is 1.75. The van der Waals surface area contributed by atoms with E-state index in [2.05, 4.69) is 15.4 Å². The minimum atomic E-state index is -0.701. The average molecular weight is 362 g/mol. The van der Waals surface area contributed by atoms with Crippen molar-refractivity contribution >= 4 is 29.8 Å². The van der Waals surface area contributed by atoms with Crippen molar-refractivity contribution < 1.29 is 28.7 Å². The third kappa shape index (κ3) is 8.09. The van der Waals surface area contributed by atoms with Crippen molar-refractivity contribution in [3.8, 4) is 0 Å². The Kier molecular flexibility index (Phi) is 9.16. The van der Waals surface area contributed by atoms with Gasteiger partial charge in [-0.25, -0.2) is 9.59 Å². The van der Waals surface area contributed by atoms with E-state index < -0.39 is 24.5 Å². The Hall–Kier alpha value is -3.16. The summed E-state index contributed by atoms with van der Waals surface area (Å²) in [5.74, 6) is -2.02. The smallest absolute Gasteiger partial charge is 0.337 e. The van der Waals surface area contributed by atoms with Gasteiger partial charge >= 0.3 is 11.9 Å². The number of nitrogens with one attached hydrogen (secondary N) is 2. The van der Waals surface area contributed by atoms with Crippen molar-refractivity contribution in [2.75, 3.05) is 26.8 Å². The summed E-state index contributed by atoms with van der Waals surface area (Å²) in [6.45, 7) is 1.80. The lowest BCUT2D eigenvalue weighted by Gasteiger charge is -2.06. The first-order chi connectivity index (χ1) is 12.5. The zero-order valence-electron chi connectivity index (χ0n) is 14.7. The second-order valence-electron chi connectivity index (χ2n) is 5.18. The fourth-order valence-corrected chi connectivity index (χ4v) is 1.75. The summed E-state index contributed by atoms with van der Waals surface area (Å²) in [6.07, 6.45) is 3.45. The van der Waals surface area contributed by atoms with Crippen LogP contribution in [0, 0.1) is 0 Å². The summed E-state index contributed by atoms with van der Waals surface area (Å²) >= 11 is 0. The van der Waals surface area contributed by atoms with Crippen LogP contribution in [0.5, 0.6) is 0 Å². The second kappa shape index (κ2) is 11.4. The molecule has 8 nitrogen and oxygen atoms in total. The van der Waals surface area contributed by atoms with E-state index in [0.29, 0.717) is 17.7 Å². The van der Waals surface area contributed by atoms with E-state index in [1.807, 2.05) is 6.92 Å². The maximum atomic E-state index is 11.6. The predicted molar refractivity (Wildman–Crippen MR) is 94.1 cm³/mol. The number of ether oxygens (including phenoxy) is 2. The Bertz CT molecular complexity index is 667. The van der Waals surface area contributed by atoms with Crippen molar-refractivity contribution in [2.45, 2.75) is 13.3 Å². The highest BCUT2D eigenvalue weighted by Crippen LogP contribution is 2.07. The number of esters is 2. The molecule has 1 aromatic carbocycles. The molecule has 0 radical (unpaired) electrons. The number of amides is 2. The number of hydrogen-bond acceptors (Lipinski definition) is 6. The first kappa shape index (κ1) is 20.9. The summed E-state index contributed by atoms with van der Waals surface area (Å²) in [4.78, 5) is 45.7. The molecule has 140 valence electrons. The number of methoxy groups -OCH3 is 1. The van der Waals surface area contributed by atoms with E-state index in [0.717, 1.165) is 12.5 Å². The molecular weight excluding hydrogens is 340 g/mol. The Balaban J connectivity index is 2.35. The lowest BCUT2D eigenvalue weighted by molar-refractivity contribution is -0.143. The zero-order chi connectivity index (χ0) is 19.4. The molecule has 8 heteroatoms. The van der Waals surface area contributed by atoms with Gasteiger partial charge < -0.3 is 20.1 Å². The normalized spacial score (nSPS) is 10.2. The van der Waals surface area contributed by atoms with Crippen molar-refractivity contribution in [1.82, 2.24) is 10.6 Å². The van der Waals surface area contributed by atoms with Gasteiger partial charge in [0.05, 0.1) is 19.2 Å². The topological polar surface area (TPSA) is 111 Å². The van der Waals surface area contributed by atoms with Gasteiger partial charge in [-0.15, -0.1) is 0 Å². The van der Waals surface area contributed by atoms with Crippen molar-refractivity contribution in [3.05, 3.63) is 41.5 Å². The van der Waals surface area contributed by atoms with Gasteiger partial charge in [0.25, 0.3) is 5.91 Å². The number of carbonyl (C=O) groups excluding carboxylic acids is 4. The molecule has 0 heterocycles. The van der Waals surface area contributed by atoms with Crippen LogP contribution in [0.4, 0.5) is 0 Å². The van der Waals surface area contributed by atoms with Gasteiger partial charge in [-0.05, 0) is 30.2 Å². The molecule has 0 aliphatic carbocycles. The van der Waals surface area contributed by atoms with Gasteiger partial charge in [-0.1, -0.05) is 19.1 Å². The molecule has 2 amide bonds. The zero-order valence-corrected chi connectivity index (χ0v) is 14.7. The molecule has 0 unspecified atom stereocenters. The van der Waals surface area contributed by atoms with Crippen LogP contribution in [0.25, 0.3) is 6.08 Å². The van der Waals surface area contributed by atoms with E-state index in [1.54, 1.807) is 24.3 Å². The number of benzene rings is 1. The Morgan fingerprint density at radius 3 is 2.35 bits per heavy atom. The van der Waals surface area contributed by atoms with Gasteiger partial charge in [0, 0.05) is 12.6 Å². The molecule has 0 aliphatic heterocycles. The van der Waals surface area contributed by atoms with E-state index in [1.165, 1.54) is 13.2 Å². The van der Waals surface area contributed by atoms with Gasteiger partial charge in [0.2, 0.25) is 5.91 Å². The van der Waals surface area contributed by atoms with Gasteiger partial charge in [0.15, 0.2) is 6.61 Å². The number of carbonyl (C=O) groups is 4. The van der Waals surface area contributed by atoms with E-state index in [-0.39, 0.29) is 12.5 Å². The summed E-state index contributed by atoms with van der Waals surface area (Å²) in [7, 11) is 1.29. The van der Waals surface area contributed by atoms with Gasteiger partial charge in [-0.2, -0.15) is 0 Å². The molecule has 1 rings (SSSR count). The number of rotatable bonds is 9. The maximum Gasteiger partial charge on any atom is 0.337 e. The molecular formula is C18H22N2O6. The molecule has 0 aliphatic rings. The highest BCUT2D eigenvalue weighted by atomic mass is 16.5. The fraction of sp³-hybridized carbons (Fsp3) is 0.333. The van der Waals surface area contributed by atoms with Crippen molar-refractivity contribution in [2.24, 2.45) is 0 Å². The summed E-state index contributed by atoms with van der Waals surface area (Å²) < 4.78 is 9.36. The molecule has 0 fully saturated rings. The standard InChI is InChI=1S/C18H22N2O6/c1-3-10-19-15(21)11-20-16(22)12-26-17(23)9-6-13-4-7-14(8-5-13)18(24)25-2/h4-9H,3,10-12H2,1-2H3,(H,19,21)(H,20,22)/b9-6+. The van der Waals surface area contributed by atoms with Gasteiger partial charge in [0.1, 0.15) is 0 Å². The van der Waals surface area contributed by atoms with Crippen LogP contribution in [-0.2, 0) is 23.9 Å². The maximum absolute atomic E-state index is 11.6. The lowest BCUT2D eigenvalue weighted by Crippen LogP contribution is -2.38. The average Bonchev–Trinajstić information content (AvgIpc) is 2.67. The summed E-state index contributed by atoms with van der Waals surface area (Å²) in [5.41, 5.74) is 1.07. The molecule has 0 spiro atoms. The highest BCUT2D eigenvalue weighted by Gasteiger charge is 2.07. The molecule has 0 atom stereocenters. The molecule has 0 saturated carbocycles. The first-order valence-corrected chi connectivity index (χ1v) is 8.03. The van der Waals surface area contributed by atoms with Gasteiger partial charge in [-0.3, -0.25) is 9.59 Å². The second-order valence-corrected chi connectivity index (χ2v) is 5.18. The van der Waals surface area contributed by atoms with Crippen LogP contribution in [0.2, 0.25) is 0 Å². The van der Waals surface area contributed by atoms with Crippen LogP contribution in [0.3, 0.4) is 0 Å². The number of hydrogen-bond donors (Lipinski definition) is 2. The molecule has 26 heavy (non-hydrogen) atoms. The third-order valence-corrected chi connectivity index (χ3v) is 3.11. The van der Waals surface area contributed by atoms with E-state index in [4.69, 9.17) is 4.74 Å². The van der Waals surface area contributed by atoms with Crippen LogP contribution >= 0.6 is 0 Å². The minimum Gasteiger partial charge on any atom is -0.465 e. The quantitative estimate of drug-likeness (QED) is 0.493. The Morgan fingerprint density at radius 1 is 1.04 bits per heavy atom. The van der Waals surface area contributed by atoms with Crippen LogP contribution < -0.4 is 10.6 Å². The molecule has 2 N–H and O–H groups in total. The minimum absolute atomic E-state index is 0.168. The van der Waals surface area contributed by atoms with Crippen molar-refractivity contribution in [1.29, 1.82) is 0 Å². The third-order valence-electron chi connectivity index (χ3n) is 3.11. The van der Waals surface area contributed by atoms with E-state index >= 15 is 0 Å². The summed E-state index contributed by atoms with van der Waals surface area (Å²) in [5, 5.41) is 4.95. The predicted octanol–water partition coefficient (Wildman–Crippen LogP) is 0.672. The molecule has 1 aromatic rings. The van der Waals surface area contributed by atoms with Crippen LogP contribution in [0.15, 0.2) is 30.3 Å². The van der Waals surface area contributed by atoms with Crippen molar-refractivity contribution in [3.63, 3.8) is 0 Å². The Labute approximate surface area is 151 Å². The van der Waals surface area contributed by atoms with Crippen LogP contribution in [0.1, 0.15) is 29.3 Å². The molecule has 0 aromatic heterocycles. The molecule has 0 bridgehead atoms. The Morgan fingerprint density at radius 2 is 1.73 bits per heavy atom. The highest BCUT2D eigenvalue weighted by molar-refractivity contribution is 5.91. The molecule has 0 saturated heterocycles. The SMILES string of the molecule is CCCNC(=O)CNC(=O)COC(=O)/C=C/c1ccc(C(=O)OC)cc1. The monoisotopic (exact) mass is 362 g/mol. The van der Waals surface area contributed by atoms with E-state index in [9.17, 15) is 19.2 Å². The first-order valence-electron chi connectivity index (χ1n) is 8.03.